The van der Waals surface area contributed by atoms with Crippen LogP contribution in [0.3, 0.4) is 0 Å². The molecule has 0 unspecified atom stereocenters. The van der Waals surface area contributed by atoms with Crippen LogP contribution >= 0.6 is 0 Å². The van der Waals surface area contributed by atoms with E-state index in [2.05, 4.69) is 4.98 Å². The maximum Gasteiger partial charge on any atom is 0.406 e. The Morgan fingerprint density at radius 3 is 2.40 bits per heavy atom. The van der Waals surface area contributed by atoms with Gasteiger partial charge in [-0.05, 0) is 6.07 Å². The topological polar surface area (TPSA) is 78.0 Å². The van der Waals surface area contributed by atoms with Gasteiger partial charge < -0.3 is 0 Å². The Balaban J connectivity index is 2.37. The first-order valence-electron chi connectivity index (χ1n) is 7.07. The summed E-state index contributed by atoms with van der Waals surface area (Å²) in [7, 11) is 0. The number of halogens is 3. The molecule has 2 aromatic carbocycles. The fourth-order valence-corrected chi connectivity index (χ4v) is 2.53. The van der Waals surface area contributed by atoms with Crippen molar-refractivity contribution in [1.29, 1.82) is 0 Å². The molecule has 25 heavy (non-hydrogen) atoms. The molecule has 0 aliphatic heterocycles. The SMILES string of the molecule is O=c1nc(-c2ccccc2)c2cc([N+](=O)[O-])ccc2n1CC(F)(F)F. The Labute approximate surface area is 138 Å². The average Bonchev–Trinajstić information content (AvgIpc) is 2.56. The zero-order chi connectivity index (χ0) is 18.2. The Kier molecular flexibility index (Phi) is 3.99. The van der Waals surface area contributed by atoms with Crippen LogP contribution in [0.15, 0.2) is 53.3 Å². The van der Waals surface area contributed by atoms with Crippen LogP contribution < -0.4 is 5.69 Å². The van der Waals surface area contributed by atoms with E-state index in [4.69, 9.17) is 0 Å². The van der Waals surface area contributed by atoms with Gasteiger partial charge in [-0.15, -0.1) is 0 Å². The molecule has 0 aliphatic rings. The Morgan fingerprint density at radius 1 is 1.12 bits per heavy atom. The summed E-state index contributed by atoms with van der Waals surface area (Å²) in [6, 6.07) is 11.6. The fraction of sp³-hybridized carbons (Fsp3) is 0.125. The van der Waals surface area contributed by atoms with Crippen molar-refractivity contribution in [3.63, 3.8) is 0 Å². The standard InChI is InChI=1S/C16H10F3N3O3/c17-16(18,19)9-21-13-7-6-11(22(24)25)8-12(13)14(20-15(21)23)10-4-2-1-3-5-10/h1-8H,9H2. The molecule has 3 aromatic rings. The Hall–Kier alpha value is -3.23. The fourth-order valence-electron chi connectivity index (χ4n) is 2.53. The highest BCUT2D eigenvalue weighted by atomic mass is 19.4. The predicted molar refractivity (Wildman–Crippen MR) is 84.1 cm³/mol. The Morgan fingerprint density at radius 2 is 1.80 bits per heavy atom. The van der Waals surface area contributed by atoms with Crippen molar-refractivity contribution in [1.82, 2.24) is 9.55 Å². The second kappa shape index (κ2) is 6.00. The zero-order valence-electron chi connectivity index (χ0n) is 12.5. The van der Waals surface area contributed by atoms with Gasteiger partial charge in [-0.2, -0.15) is 18.2 Å². The first-order valence-corrected chi connectivity index (χ1v) is 7.07. The third-order valence-corrected chi connectivity index (χ3v) is 3.56. The summed E-state index contributed by atoms with van der Waals surface area (Å²) in [5.41, 5.74) is -0.866. The van der Waals surface area contributed by atoms with Gasteiger partial charge in [-0.1, -0.05) is 30.3 Å². The van der Waals surface area contributed by atoms with Crippen LogP contribution in [0.2, 0.25) is 0 Å². The molecule has 0 amide bonds. The van der Waals surface area contributed by atoms with E-state index < -0.39 is 23.3 Å². The van der Waals surface area contributed by atoms with Gasteiger partial charge in [0.1, 0.15) is 6.54 Å². The lowest BCUT2D eigenvalue weighted by Gasteiger charge is -2.14. The van der Waals surface area contributed by atoms with E-state index in [0.29, 0.717) is 10.1 Å². The molecule has 1 heterocycles. The summed E-state index contributed by atoms with van der Waals surface area (Å²) in [5, 5.41) is 11.1. The number of fused-ring (bicyclic) bond motifs is 1. The van der Waals surface area contributed by atoms with Crippen molar-refractivity contribution in [2.24, 2.45) is 0 Å². The van der Waals surface area contributed by atoms with Gasteiger partial charge in [0.05, 0.1) is 16.1 Å². The molecule has 0 spiro atoms. The number of rotatable bonds is 3. The largest absolute Gasteiger partial charge is 0.406 e. The molecule has 0 radical (unpaired) electrons. The van der Waals surface area contributed by atoms with E-state index in [0.717, 1.165) is 18.2 Å². The van der Waals surface area contributed by atoms with E-state index in [1.54, 1.807) is 30.3 Å². The van der Waals surface area contributed by atoms with Crippen LogP contribution in [0.5, 0.6) is 0 Å². The molecule has 128 valence electrons. The van der Waals surface area contributed by atoms with Crippen LogP contribution in [0.1, 0.15) is 0 Å². The molecule has 6 nitrogen and oxygen atoms in total. The summed E-state index contributed by atoms with van der Waals surface area (Å²) in [5.74, 6) is 0. The third-order valence-electron chi connectivity index (χ3n) is 3.56. The number of nitro benzene ring substituents is 1. The summed E-state index contributed by atoms with van der Waals surface area (Å²) in [6.07, 6.45) is -4.63. The highest BCUT2D eigenvalue weighted by molar-refractivity contribution is 5.93. The maximum atomic E-state index is 12.8. The number of hydrogen-bond acceptors (Lipinski definition) is 4. The number of alkyl halides is 3. The van der Waals surface area contributed by atoms with Crippen LogP contribution in [0.25, 0.3) is 22.2 Å². The minimum absolute atomic E-state index is 0.0678. The molecular formula is C16H10F3N3O3. The molecule has 0 fully saturated rings. The second-order valence-electron chi connectivity index (χ2n) is 5.27. The number of nitro groups is 1. The average molecular weight is 349 g/mol. The van der Waals surface area contributed by atoms with E-state index in [9.17, 15) is 28.1 Å². The zero-order valence-corrected chi connectivity index (χ0v) is 12.5. The Bertz CT molecular complexity index is 1010. The smallest absolute Gasteiger partial charge is 0.283 e. The summed E-state index contributed by atoms with van der Waals surface area (Å²) in [6.45, 7) is -1.53. The molecule has 9 heteroatoms. The minimum atomic E-state index is -4.63. The quantitative estimate of drug-likeness (QED) is 0.535. The highest BCUT2D eigenvalue weighted by Gasteiger charge is 2.30. The van der Waals surface area contributed by atoms with Gasteiger partial charge in [0.2, 0.25) is 0 Å². The molecule has 0 saturated heterocycles. The number of non-ortho nitro benzene ring substituents is 1. The van der Waals surface area contributed by atoms with E-state index in [-0.39, 0.29) is 22.3 Å². The van der Waals surface area contributed by atoms with Crippen molar-refractivity contribution in [3.05, 3.63) is 69.1 Å². The van der Waals surface area contributed by atoms with E-state index in [1.807, 2.05) is 0 Å². The van der Waals surface area contributed by atoms with Crippen molar-refractivity contribution in [3.8, 4) is 11.3 Å². The van der Waals surface area contributed by atoms with Gasteiger partial charge in [-0.3, -0.25) is 14.7 Å². The van der Waals surface area contributed by atoms with Gasteiger partial charge in [0, 0.05) is 23.1 Å². The first-order chi connectivity index (χ1) is 11.8. The predicted octanol–water partition coefficient (Wildman–Crippen LogP) is 3.53. The third kappa shape index (κ3) is 3.35. The van der Waals surface area contributed by atoms with Crippen LogP contribution in [-0.2, 0) is 6.54 Å². The first kappa shape index (κ1) is 16.6. The van der Waals surface area contributed by atoms with Crippen LogP contribution in [0, 0.1) is 10.1 Å². The lowest BCUT2D eigenvalue weighted by Crippen LogP contribution is -2.30. The monoisotopic (exact) mass is 349 g/mol. The summed E-state index contributed by atoms with van der Waals surface area (Å²) in [4.78, 5) is 26.2. The molecular weight excluding hydrogens is 339 g/mol. The summed E-state index contributed by atoms with van der Waals surface area (Å²) >= 11 is 0. The minimum Gasteiger partial charge on any atom is -0.283 e. The molecule has 0 N–H and O–H groups in total. The van der Waals surface area contributed by atoms with Gasteiger partial charge in [0.15, 0.2) is 0 Å². The summed E-state index contributed by atoms with van der Waals surface area (Å²) < 4.78 is 38.8. The lowest BCUT2D eigenvalue weighted by molar-refractivity contribution is -0.384. The van der Waals surface area contributed by atoms with Crippen LogP contribution in [0.4, 0.5) is 18.9 Å². The molecule has 0 aliphatic carbocycles. The van der Waals surface area contributed by atoms with Gasteiger partial charge in [0.25, 0.3) is 5.69 Å². The maximum absolute atomic E-state index is 12.8. The molecule has 1 aromatic heterocycles. The highest BCUT2D eigenvalue weighted by Crippen LogP contribution is 2.29. The van der Waals surface area contributed by atoms with Crippen molar-refractivity contribution in [2.45, 2.75) is 12.7 Å². The molecule has 0 bridgehead atoms. The van der Waals surface area contributed by atoms with E-state index >= 15 is 0 Å². The molecule has 0 atom stereocenters. The van der Waals surface area contributed by atoms with Gasteiger partial charge in [-0.25, -0.2) is 4.79 Å². The molecule has 0 saturated carbocycles. The number of nitrogens with zero attached hydrogens (tertiary/aromatic N) is 3. The van der Waals surface area contributed by atoms with Gasteiger partial charge >= 0.3 is 11.9 Å². The number of benzene rings is 2. The number of hydrogen-bond donors (Lipinski definition) is 0. The van der Waals surface area contributed by atoms with E-state index in [1.165, 1.54) is 0 Å². The number of aromatic nitrogens is 2. The van der Waals surface area contributed by atoms with Crippen molar-refractivity contribution < 1.29 is 18.1 Å². The lowest BCUT2D eigenvalue weighted by atomic mass is 10.1. The van der Waals surface area contributed by atoms with Crippen molar-refractivity contribution >= 4 is 16.6 Å². The second-order valence-corrected chi connectivity index (χ2v) is 5.27. The van der Waals surface area contributed by atoms with Crippen molar-refractivity contribution in [2.75, 3.05) is 0 Å². The normalized spacial score (nSPS) is 11.6. The molecule has 3 rings (SSSR count). The van der Waals surface area contributed by atoms with Crippen LogP contribution in [-0.4, -0.2) is 20.7 Å².